The van der Waals surface area contributed by atoms with Crippen molar-refractivity contribution in [2.75, 3.05) is 19.7 Å². The Morgan fingerprint density at radius 1 is 1.17 bits per heavy atom. The average Bonchev–Trinajstić information content (AvgIpc) is 3.35. The summed E-state index contributed by atoms with van der Waals surface area (Å²) >= 11 is 7.67. The predicted molar refractivity (Wildman–Crippen MR) is 137 cm³/mol. The van der Waals surface area contributed by atoms with E-state index in [1.54, 1.807) is 40.5 Å². The summed E-state index contributed by atoms with van der Waals surface area (Å²) in [5.41, 5.74) is 1.45. The van der Waals surface area contributed by atoms with Crippen LogP contribution >= 0.6 is 22.9 Å². The minimum atomic E-state index is -0.406. The molecule has 0 N–H and O–H groups in total. The molecule has 0 radical (unpaired) electrons. The smallest absolute Gasteiger partial charge is 0.254 e. The van der Waals surface area contributed by atoms with Crippen LogP contribution in [0.4, 0.5) is 4.39 Å². The summed E-state index contributed by atoms with van der Waals surface area (Å²) in [4.78, 5) is 31.5. The van der Waals surface area contributed by atoms with Gasteiger partial charge in [0.25, 0.3) is 5.91 Å². The van der Waals surface area contributed by atoms with Crippen molar-refractivity contribution < 1.29 is 18.7 Å². The summed E-state index contributed by atoms with van der Waals surface area (Å²) in [6.45, 7) is 4.69. The van der Waals surface area contributed by atoms with Gasteiger partial charge in [0.2, 0.25) is 5.91 Å². The van der Waals surface area contributed by atoms with Gasteiger partial charge < -0.3 is 14.5 Å². The zero-order valence-electron chi connectivity index (χ0n) is 19.7. The minimum absolute atomic E-state index is 0.0534. The largest absolute Gasteiger partial charge is 0.491 e. The third kappa shape index (κ3) is 5.85. The Morgan fingerprint density at radius 2 is 1.89 bits per heavy atom. The lowest BCUT2D eigenvalue weighted by atomic mass is 10.00. The van der Waals surface area contributed by atoms with E-state index in [1.807, 2.05) is 30.2 Å². The molecule has 0 unspecified atom stereocenters. The average molecular weight is 515 g/mol. The zero-order valence-corrected chi connectivity index (χ0v) is 21.3. The van der Waals surface area contributed by atoms with Gasteiger partial charge in [0, 0.05) is 28.0 Å². The molecule has 3 aromatic rings. The Morgan fingerprint density at radius 3 is 2.57 bits per heavy atom. The maximum atomic E-state index is 13.6. The number of rotatable bonds is 8. The lowest BCUT2D eigenvalue weighted by molar-refractivity contribution is -0.136. The Hall–Kier alpha value is -2.90. The number of ether oxygens (including phenoxy) is 1. The zero-order chi connectivity index (χ0) is 24.9. The standard InChI is InChI=1S/C27H28ClFN2O3S/c1-3-18(2)31(27(33)19-4-8-21(29)9-5-19)16-26(32)30-14-12-25-23(13-15-35-25)24(30)17-34-22-10-6-20(28)7-11-22/h4-11,13,15,18,24H,3,12,14,16-17H2,1-2H3/t18-,24-/m0/s1. The van der Waals surface area contributed by atoms with E-state index >= 15 is 0 Å². The number of hydrogen-bond acceptors (Lipinski definition) is 4. The van der Waals surface area contributed by atoms with Crippen LogP contribution in [0.15, 0.2) is 60.0 Å². The van der Waals surface area contributed by atoms with Crippen LogP contribution in [0.5, 0.6) is 5.75 Å². The number of halogens is 2. The predicted octanol–water partition coefficient (Wildman–Crippen LogP) is 5.99. The van der Waals surface area contributed by atoms with E-state index in [0.717, 1.165) is 12.0 Å². The van der Waals surface area contributed by atoms with Crippen LogP contribution in [-0.4, -0.2) is 47.4 Å². The Kier molecular flexibility index (Phi) is 8.08. The fourth-order valence-corrected chi connectivity index (χ4v) is 5.28. The van der Waals surface area contributed by atoms with Crippen molar-refractivity contribution in [3.05, 3.63) is 86.8 Å². The van der Waals surface area contributed by atoms with E-state index in [0.29, 0.717) is 35.9 Å². The van der Waals surface area contributed by atoms with E-state index in [2.05, 4.69) is 0 Å². The molecular weight excluding hydrogens is 487 g/mol. The van der Waals surface area contributed by atoms with Gasteiger partial charge in [-0.1, -0.05) is 18.5 Å². The van der Waals surface area contributed by atoms with Crippen molar-refractivity contribution in [2.24, 2.45) is 0 Å². The maximum absolute atomic E-state index is 13.6. The summed E-state index contributed by atoms with van der Waals surface area (Å²) in [5, 5.41) is 2.67. The molecule has 2 amide bonds. The van der Waals surface area contributed by atoms with E-state index < -0.39 is 5.82 Å². The van der Waals surface area contributed by atoms with Gasteiger partial charge in [0.05, 0.1) is 6.04 Å². The lowest BCUT2D eigenvalue weighted by Crippen LogP contribution is -2.49. The van der Waals surface area contributed by atoms with Crippen LogP contribution in [-0.2, 0) is 11.2 Å². The second-order valence-corrected chi connectivity index (χ2v) is 10.1. The number of nitrogens with zero attached hydrogens (tertiary/aromatic N) is 2. The van der Waals surface area contributed by atoms with Crippen molar-refractivity contribution in [2.45, 2.75) is 38.8 Å². The lowest BCUT2D eigenvalue weighted by Gasteiger charge is -2.38. The normalized spacial score (nSPS) is 15.9. The molecule has 0 saturated heterocycles. The molecule has 0 bridgehead atoms. The van der Waals surface area contributed by atoms with Gasteiger partial charge in [0.1, 0.15) is 24.7 Å². The highest BCUT2D eigenvalue weighted by Crippen LogP contribution is 2.34. The Bertz CT molecular complexity index is 1170. The fourth-order valence-electron chi connectivity index (χ4n) is 4.22. The minimum Gasteiger partial charge on any atom is -0.491 e. The summed E-state index contributed by atoms with van der Waals surface area (Å²) in [5.74, 6) is -0.148. The Balaban J connectivity index is 1.54. The highest BCUT2D eigenvalue weighted by atomic mass is 35.5. The highest BCUT2D eigenvalue weighted by Gasteiger charge is 2.34. The van der Waals surface area contributed by atoms with E-state index in [1.165, 1.54) is 29.1 Å². The summed E-state index contributed by atoms with van der Waals surface area (Å²) in [6, 6.07) is 14.2. The first kappa shape index (κ1) is 25.2. The first-order valence-electron chi connectivity index (χ1n) is 11.7. The van der Waals surface area contributed by atoms with Gasteiger partial charge in [-0.05, 0) is 85.3 Å². The molecule has 1 aromatic heterocycles. The van der Waals surface area contributed by atoms with Crippen molar-refractivity contribution in [3.8, 4) is 5.75 Å². The molecule has 0 spiro atoms. The number of carbonyl (C=O) groups is 2. The van der Waals surface area contributed by atoms with E-state index in [9.17, 15) is 14.0 Å². The van der Waals surface area contributed by atoms with Gasteiger partial charge in [-0.15, -0.1) is 11.3 Å². The van der Waals surface area contributed by atoms with Gasteiger partial charge in [-0.25, -0.2) is 4.39 Å². The van der Waals surface area contributed by atoms with Gasteiger partial charge in [-0.2, -0.15) is 0 Å². The molecule has 0 aliphatic carbocycles. The van der Waals surface area contributed by atoms with E-state index in [4.69, 9.17) is 16.3 Å². The quantitative estimate of drug-likeness (QED) is 0.371. The molecular formula is C27H28ClFN2O3S. The molecule has 0 fully saturated rings. The van der Waals surface area contributed by atoms with Crippen molar-refractivity contribution >= 4 is 34.8 Å². The highest BCUT2D eigenvalue weighted by molar-refractivity contribution is 7.10. The molecule has 2 heterocycles. The number of hydrogen-bond donors (Lipinski definition) is 0. The third-order valence-corrected chi connectivity index (χ3v) is 7.67. The Labute approximate surface area is 214 Å². The number of thiophene rings is 1. The molecule has 2 atom stereocenters. The first-order valence-corrected chi connectivity index (χ1v) is 12.9. The number of benzene rings is 2. The van der Waals surface area contributed by atoms with Crippen molar-refractivity contribution in [1.82, 2.24) is 9.80 Å². The summed E-state index contributed by atoms with van der Waals surface area (Å²) in [7, 11) is 0. The number of amides is 2. The van der Waals surface area contributed by atoms with Crippen LogP contribution in [0.2, 0.25) is 5.02 Å². The van der Waals surface area contributed by atoms with Gasteiger partial charge in [0.15, 0.2) is 0 Å². The molecule has 4 rings (SSSR count). The van der Waals surface area contributed by atoms with Crippen LogP contribution in [0, 0.1) is 5.82 Å². The van der Waals surface area contributed by atoms with E-state index in [-0.39, 0.29) is 30.4 Å². The molecule has 1 aliphatic rings. The number of fused-ring (bicyclic) bond motifs is 1. The molecule has 8 heteroatoms. The second-order valence-electron chi connectivity index (χ2n) is 8.61. The van der Waals surface area contributed by atoms with Crippen LogP contribution in [0.1, 0.15) is 47.1 Å². The topological polar surface area (TPSA) is 49.9 Å². The maximum Gasteiger partial charge on any atom is 0.254 e. The molecule has 5 nitrogen and oxygen atoms in total. The molecule has 2 aromatic carbocycles. The fraction of sp³-hybridized carbons (Fsp3) is 0.333. The molecule has 35 heavy (non-hydrogen) atoms. The first-order chi connectivity index (χ1) is 16.9. The SMILES string of the molecule is CC[C@H](C)N(CC(=O)N1CCc2sccc2[C@@H]1COc1ccc(Cl)cc1)C(=O)c1ccc(F)cc1. The van der Waals surface area contributed by atoms with Crippen LogP contribution < -0.4 is 4.74 Å². The monoisotopic (exact) mass is 514 g/mol. The van der Waals surface area contributed by atoms with Crippen molar-refractivity contribution in [1.29, 1.82) is 0 Å². The third-order valence-electron chi connectivity index (χ3n) is 6.42. The van der Waals surface area contributed by atoms with Gasteiger partial charge in [-0.3, -0.25) is 9.59 Å². The molecule has 1 aliphatic heterocycles. The molecule has 184 valence electrons. The summed E-state index contributed by atoms with van der Waals surface area (Å²) in [6.07, 6.45) is 1.46. The second kappa shape index (κ2) is 11.2. The van der Waals surface area contributed by atoms with Crippen LogP contribution in [0.25, 0.3) is 0 Å². The number of carbonyl (C=O) groups excluding carboxylic acids is 2. The van der Waals surface area contributed by atoms with Crippen molar-refractivity contribution in [3.63, 3.8) is 0 Å². The molecule has 0 saturated carbocycles. The van der Waals surface area contributed by atoms with Gasteiger partial charge >= 0.3 is 0 Å². The van der Waals surface area contributed by atoms with Crippen LogP contribution in [0.3, 0.4) is 0 Å². The summed E-state index contributed by atoms with van der Waals surface area (Å²) < 4.78 is 19.4.